The molecule has 0 radical (unpaired) electrons. The second-order valence-electron chi connectivity index (χ2n) is 21.7. The normalized spacial score (nSPS) is 12.7. The maximum Gasteiger partial charge on any atom is 0.305 e. The molecule has 0 saturated heterocycles. The van der Waals surface area contributed by atoms with Crippen LogP contribution in [0.4, 0.5) is 0 Å². The molecule has 0 aromatic rings. The smallest absolute Gasteiger partial charge is 0.305 e. The summed E-state index contributed by atoms with van der Waals surface area (Å²) in [5.41, 5.74) is 0. The predicted molar refractivity (Wildman–Crippen MR) is 306 cm³/mol. The Labute approximate surface area is 437 Å². The fraction of sp³-hybridized carbons (Fsp3) is 0.906. The van der Waals surface area contributed by atoms with Crippen LogP contribution in [0.25, 0.3) is 0 Å². The van der Waals surface area contributed by atoms with E-state index in [0.717, 1.165) is 44.9 Å². The van der Waals surface area contributed by atoms with Gasteiger partial charge in [0.05, 0.1) is 25.4 Å². The van der Waals surface area contributed by atoms with Gasteiger partial charge in [0.15, 0.2) is 0 Å². The molecule has 2 unspecified atom stereocenters. The number of nitrogens with one attached hydrogen (secondary N) is 1. The summed E-state index contributed by atoms with van der Waals surface area (Å²) in [7, 11) is 0. The van der Waals surface area contributed by atoms with Crippen LogP contribution < -0.4 is 5.32 Å². The monoisotopic (exact) mass is 986 g/mol. The van der Waals surface area contributed by atoms with E-state index in [0.29, 0.717) is 25.9 Å². The van der Waals surface area contributed by atoms with E-state index in [9.17, 15) is 19.8 Å². The van der Waals surface area contributed by atoms with Gasteiger partial charge in [-0.1, -0.05) is 282 Å². The fourth-order valence-corrected chi connectivity index (χ4v) is 9.87. The minimum absolute atomic E-state index is 0.00134. The molecule has 6 nitrogen and oxygen atoms in total. The molecule has 2 atom stereocenters. The van der Waals surface area contributed by atoms with E-state index in [4.69, 9.17) is 4.74 Å². The Kier molecular flexibility index (Phi) is 58.5. The highest BCUT2D eigenvalue weighted by Gasteiger charge is 2.20. The first kappa shape index (κ1) is 68.3. The van der Waals surface area contributed by atoms with Crippen LogP contribution in [-0.4, -0.2) is 47.4 Å². The number of amides is 1. The lowest BCUT2D eigenvalue weighted by Crippen LogP contribution is -2.45. The van der Waals surface area contributed by atoms with Crippen molar-refractivity contribution in [2.75, 3.05) is 13.2 Å². The van der Waals surface area contributed by atoms with Gasteiger partial charge in [0, 0.05) is 12.8 Å². The first-order valence-electron chi connectivity index (χ1n) is 31.6. The Bertz CT molecular complexity index is 1090. The maximum atomic E-state index is 12.5. The van der Waals surface area contributed by atoms with Crippen molar-refractivity contribution in [2.24, 2.45) is 0 Å². The van der Waals surface area contributed by atoms with E-state index < -0.39 is 12.1 Å². The third kappa shape index (κ3) is 55.7. The number of hydrogen-bond acceptors (Lipinski definition) is 5. The summed E-state index contributed by atoms with van der Waals surface area (Å²) >= 11 is 0. The van der Waals surface area contributed by atoms with Crippen LogP contribution in [0.15, 0.2) is 24.3 Å². The number of carbonyl (C=O) groups is 2. The predicted octanol–water partition coefficient (Wildman–Crippen LogP) is 19.8. The van der Waals surface area contributed by atoms with Crippen molar-refractivity contribution in [1.29, 1.82) is 0 Å². The zero-order valence-electron chi connectivity index (χ0n) is 47.3. The molecule has 0 aliphatic carbocycles. The molecule has 0 aromatic heterocycles. The van der Waals surface area contributed by atoms with E-state index in [1.807, 2.05) is 0 Å². The Morgan fingerprint density at radius 2 is 0.671 bits per heavy atom. The number of allylic oxidation sites excluding steroid dienone is 4. The zero-order valence-corrected chi connectivity index (χ0v) is 47.3. The van der Waals surface area contributed by atoms with Gasteiger partial charge in [-0.05, 0) is 77.0 Å². The molecule has 0 bridgehead atoms. The van der Waals surface area contributed by atoms with Crippen molar-refractivity contribution in [3.05, 3.63) is 24.3 Å². The molecule has 0 aromatic carbocycles. The highest BCUT2D eigenvalue weighted by Crippen LogP contribution is 2.17. The van der Waals surface area contributed by atoms with E-state index >= 15 is 0 Å². The van der Waals surface area contributed by atoms with Gasteiger partial charge < -0.3 is 20.3 Å². The molecular formula is C64H123NO5. The second-order valence-corrected chi connectivity index (χ2v) is 21.7. The molecule has 1 amide bonds. The van der Waals surface area contributed by atoms with Gasteiger partial charge >= 0.3 is 5.97 Å². The Morgan fingerprint density at radius 3 is 1.01 bits per heavy atom. The summed E-state index contributed by atoms with van der Waals surface area (Å²) in [5.74, 6) is -0.0393. The van der Waals surface area contributed by atoms with Gasteiger partial charge in [-0.15, -0.1) is 0 Å². The first-order valence-corrected chi connectivity index (χ1v) is 31.6. The Hall–Kier alpha value is -1.66. The van der Waals surface area contributed by atoms with Gasteiger partial charge in [0.2, 0.25) is 5.91 Å². The molecule has 3 N–H and O–H groups in total. The van der Waals surface area contributed by atoms with Gasteiger partial charge in [-0.3, -0.25) is 9.59 Å². The van der Waals surface area contributed by atoms with Crippen LogP contribution in [0.3, 0.4) is 0 Å². The van der Waals surface area contributed by atoms with Crippen molar-refractivity contribution in [3.8, 4) is 0 Å². The number of aliphatic hydroxyl groups excluding tert-OH is 2. The molecule has 0 heterocycles. The summed E-state index contributed by atoms with van der Waals surface area (Å²) in [4.78, 5) is 24.6. The lowest BCUT2D eigenvalue weighted by molar-refractivity contribution is -0.143. The Balaban J connectivity index is 3.42. The van der Waals surface area contributed by atoms with Gasteiger partial charge in [-0.2, -0.15) is 0 Å². The molecular weight excluding hydrogens is 863 g/mol. The van der Waals surface area contributed by atoms with Gasteiger partial charge in [-0.25, -0.2) is 0 Å². The molecule has 414 valence electrons. The van der Waals surface area contributed by atoms with Crippen LogP contribution in [0.1, 0.15) is 348 Å². The number of esters is 1. The van der Waals surface area contributed by atoms with E-state index in [2.05, 4.69) is 43.5 Å². The van der Waals surface area contributed by atoms with Crippen LogP contribution in [0, 0.1) is 0 Å². The summed E-state index contributed by atoms with van der Waals surface area (Å²) in [5, 5.41) is 23.3. The highest BCUT2D eigenvalue weighted by molar-refractivity contribution is 5.76. The quantitative estimate of drug-likeness (QED) is 0.0321. The number of rotatable bonds is 59. The van der Waals surface area contributed by atoms with Gasteiger partial charge in [0.1, 0.15) is 0 Å². The summed E-state index contributed by atoms with van der Waals surface area (Å²) in [6.45, 7) is 4.96. The molecule has 70 heavy (non-hydrogen) atoms. The van der Waals surface area contributed by atoms with Crippen molar-refractivity contribution in [2.45, 2.75) is 360 Å². The van der Waals surface area contributed by atoms with E-state index in [1.165, 1.54) is 270 Å². The molecule has 0 fully saturated rings. The lowest BCUT2D eigenvalue weighted by atomic mass is 10.0. The Morgan fingerprint density at radius 1 is 0.386 bits per heavy atom. The fourth-order valence-electron chi connectivity index (χ4n) is 9.87. The molecule has 0 rings (SSSR count). The number of hydrogen-bond donors (Lipinski definition) is 3. The SMILES string of the molecule is CCCCCCCCC/C=C\CCCCCCCC(=O)OCCCCCCCCCCCC/C=C\CCCCCCCCCC(=O)NC(CO)C(O)CCCCCCCCCCCCCCCCCC. The standard InChI is InChI=1S/C64H123NO5/c1-3-5-7-9-11-13-15-17-19-28-32-36-40-44-48-52-56-62(67)61(60-66)65-63(68)57-53-49-45-41-37-33-29-26-24-22-21-23-25-27-31-35-39-43-47-51-55-59-70-64(69)58-54-50-46-42-38-34-30-20-18-16-14-12-10-8-6-4-2/h20,22,24,30,61-62,66-67H,3-19,21,23,25-29,31-60H2,1-2H3,(H,65,68)/b24-22-,30-20-. The molecule has 6 heteroatoms. The topological polar surface area (TPSA) is 95.9 Å². The molecule has 0 saturated carbocycles. The lowest BCUT2D eigenvalue weighted by Gasteiger charge is -2.22. The zero-order chi connectivity index (χ0) is 50.7. The number of ether oxygens (including phenoxy) is 1. The van der Waals surface area contributed by atoms with E-state index in [1.54, 1.807) is 0 Å². The van der Waals surface area contributed by atoms with Gasteiger partial charge in [0.25, 0.3) is 0 Å². The van der Waals surface area contributed by atoms with Crippen molar-refractivity contribution in [1.82, 2.24) is 5.32 Å². The first-order chi connectivity index (χ1) is 34.5. The third-order valence-corrected chi connectivity index (χ3v) is 14.7. The van der Waals surface area contributed by atoms with Crippen molar-refractivity contribution >= 4 is 11.9 Å². The summed E-state index contributed by atoms with van der Waals surface area (Å²) in [6, 6.07) is -0.547. The summed E-state index contributed by atoms with van der Waals surface area (Å²) in [6.07, 6.45) is 73.3. The summed E-state index contributed by atoms with van der Waals surface area (Å²) < 4.78 is 5.48. The molecule has 0 aliphatic heterocycles. The number of unbranched alkanes of at least 4 members (excludes halogenated alkanes) is 44. The molecule has 0 aliphatic rings. The van der Waals surface area contributed by atoms with Crippen LogP contribution >= 0.6 is 0 Å². The minimum Gasteiger partial charge on any atom is -0.466 e. The largest absolute Gasteiger partial charge is 0.466 e. The highest BCUT2D eigenvalue weighted by atomic mass is 16.5. The second kappa shape index (κ2) is 59.9. The van der Waals surface area contributed by atoms with Crippen LogP contribution in [0.5, 0.6) is 0 Å². The van der Waals surface area contributed by atoms with Crippen molar-refractivity contribution < 1.29 is 24.5 Å². The third-order valence-electron chi connectivity index (χ3n) is 14.7. The average molecular weight is 987 g/mol. The average Bonchev–Trinajstić information content (AvgIpc) is 3.36. The minimum atomic E-state index is -0.669. The maximum absolute atomic E-state index is 12.5. The number of carbonyl (C=O) groups excluding carboxylic acids is 2. The number of aliphatic hydroxyl groups is 2. The van der Waals surface area contributed by atoms with Crippen molar-refractivity contribution in [3.63, 3.8) is 0 Å². The van der Waals surface area contributed by atoms with Crippen LogP contribution in [0.2, 0.25) is 0 Å². The molecule has 0 spiro atoms. The van der Waals surface area contributed by atoms with E-state index in [-0.39, 0.29) is 18.5 Å². The van der Waals surface area contributed by atoms with Crippen LogP contribution in [-0.2, 0) is 14.3 Å².